The van der Waals surface area contributed by atoms with Crippen molar-refractivity contribution in [3.63, 3.8) is 0 Å². The van der Waals surface area contributed by atoms with Gasteiger partial charge in [0.05, 0.1) is 18.7 Å². The molecule has 3 aromatic rings. The van der Waals surface area contributed by atoms with E-state index in [0.29, 0.717) is 27.4 Å². The Morgan fingerprint density at radius 3 is 2.67 bits per heavy atom. The third kappa shape index (κ3) is 2.36. The van der Waals surface area contributed by atoms with Gasteiger partial charge in [0.15, 0.2) is 11.3 Å². The van der Waals surface area contributed by atoms with Gasteiger partial charge in [0, 0.05) is 29.4 Å². The number of fused-ring (bicyclic) bond motifs is 1. The van der Waals surface area contributed by atoms with Gasteiger partial charge in [-0.05, 0) is 24.3 Å². The molecule has 2 heterocycles. The van der Waals surface area contributed by atoms with Crippen molar-refractivity contribution in [2.24, 2.45) is 0 Å². The number of ether oxygens (including phenoxy) is 2. The fourth-order valence-electron chi connectivity index (χ4n) is 2.18. The smallest absolute Gasteiger partial charge is 0.204 e. The molecule has 2 aromatic heterocycles. The molecule has 0 bridgehead atoms. The van der Waals surface area contributed by atoms with Gasteiger partial charge < -0.3 is 13.9 Å². The average Bonchev–Trinajstić information content (AvgIpc) is 2.54. The van der Waals surface area contributed by atoms with Crippen molar-refractivity contribution < 1.29 is 13.9 Å². The fraction of sp³-hybridized carbons (Fsp3) is 0.125. The van der Waals surface area contributed by atoms with E-state index in [0.717, 1.165) is 10.9 Å². The SMILES string of the molecule is COc1ccc2c(=S)cc(-c3cccnc3)oc2c1OC. The summed E-state index contributed by atoms with van der Waals surface area (Å²) in [5, 5.41) is 0.815. The second kappa shape index (κ2) is 5.54. The van der Waals surface area contributed by atoms with Gasteiger partial charge in [-0.15, -0.1) is 0 Å². The monoisotopic (exact) mass is 299 g/mol. The first-order valence-corrected chi connectivity index (χ1v) is 6.74. The molecule has 0 saturated carbocycles. The molecule has 4 nitrogen and oxygen atoms in total. The third-order valence-corrected chi connectivity index (χ3v) is 3.52. The largest absolute Gasteiger partial charge is 0.493 e. The predicted molar refractivity (Wildman–Crippen MR) is 83.4 cm³/mol. The zero-order valence-corrected chi connectivity index (χ0v) is 12.4. The number of aromatic nitrogens is 1. The Labute approximate surface area is 127 Å². The second-order valence-corrected chi connectivity index (χ2v) is 4.83. The van der Waals surface area contributed by atoms with Crippen LogP contribution in [0.3, 0.4) is 0 Å². The number of hydrogen-bond acceptors (Lipinski definition) is 5. The highest BCUT2D eigenvalue weighted by molar-refractivity contribution is 7.71. The summed E-state index contributed by atoms with van der Waals surface area (Å²) in [4.78, 5) is 4.10. The first kappa shape index (κ1) is 13.6. The van der Waals surface area contributed by atoms with Crippen molar-refractivity contribution in [3.05, 3.63) is 47.2 Å². The lowest BCUT2D eigenvalue weighted by Crippen LogP contribution is -1.92. The van der Waals surface area contributed by atoms with Gasteiger partial charge >= 0.3 is 0 Å². The van der Waals surface area contributed by atoms with Crippen molar-refractivity contribution in [2.75, 3.05) is 14.2 Å². The molecule has 5 heteroatoms. The maximum atomic E-state index is 5.98. The van der Waals surface area contributed by atoms with Gasteiger partial charge in [-0.3, -0.25) is 4.98 Å². The van der Waals surface area contributed by atoms with Crippen molar-refractivity contribution in [1.29, 1.82) is 0 Å². The van der Waals surface area contributed by atoms with E-state index >= 15 is 0 Å². The van der Waals surface area contributed by atoms with Gasteiger partial charge in [-0.1, -0.05) is 12.2 Å². The van der Waals surface area contributed by atoms with E-state index < -0.39 is 0 Å². The zero-order valence-electron chi connectivity index (χ0n) is 11.6. The highest BCUT2D eigenvalue weighted by Crippen LogP contribution is 2.37. The summed E-state index contributed by atoms with van der Waals surface area (Å²) in [7, 11) is 3.16. The Bertz CT molecular complexity index is 843. The van der Waals surface area contributed by atoms with Crippen molar-refractivity contribution in [1.82, 2.24) is 4.98 Å². The van der Waals surface area contributed by atoms with Gasteiger partial charge in [-0.2, -0.15) is 0 Å². The average molecular weight is 299 g/mol. The van der Waals surface area contributed by atoms with Crippen LogP contribution in [-0.2, 0) is 0 Å². The number of hydrogen-bond donors (Lipinski definition) is 0. The molecule has 0 fully saturated rings. The molecule has 0 unspecified atom stereocenters. The standard InChI is InChI=1S/C16H13NO3S/c1-18-12-6-5-11-14(21)8-13(10-4-3-7-17-9-10)20-15(11)16(12)19-2/h3-9H,1-2H3. The Morgan fingerprint density at radius 2 is 2.00 bits per heavy atom. The van der Waals surface area contributed by atoms with Crippen LogP contribution < -0.4 is 9.47 Å². The molecule has 0 N–H and O–H groups in total. The molecule has 0 radical (unpaired) electrons. The van der Waals surface area contributed by atoms with E-state index in [4.69, 9.17) is 26.1 Å². The maximum Gasteiger partial charge on any atom is 0.204 e. The molecular weight excluding hydrogens is 286 g/mol. The van der Waals surface area contributed by atoms with E-state index in [1.165, 1.54) is 0 Å². The molecule has 0 aliphatic rings. The Kier molecular flexibility index (Phi) is 3.58. The number of methoxy groups -OCH3 is 2. The van der Waals surface area contributed by atoms with Gasteiger partial charge in [-0.25, -0.2) is 0 Å². The lowest BCUT2D eigenvalue weighted by molar-refractivity contribution is 0.353. The van der Waals surface area contributed by atoms with Gasteiger partial charge in [0.25, 0.3) is 0 Å². The lowest BCUT2D eigenvalue weighted by atomic mass is 10.1. The maximum absolute atomic E-state index is 5.98. The minimum atomic E-state index is 0.534. The Morgan fingerprint density at radius 1 is 1.14 bits per heavy atom. The van der Waals surface area contributed by atoms with Gasteiger partial charge in [0.1, 0.15) is 5.76 Å². The molecule has 0 saturated heterocycles. The van der Waals surface area contributed by atoms with Gasteiger partial charge in [0.2, 0.25) is 5.75 Å². The quantitative estimate of drug-likeness (QED) is 0.677. The summed E-state index contributed by atoms with van der Waals surface area (Å²) >= 11 is 5.45. The van der Waals surface area contributed by atoms with Crippen LogP contribution in [-0.4, -0.2) is 19.2 Å². The number of benzene rings is 1. The minimum Gasteiger partial charge on any atom is -0.493 e. The normalized spacial score (nSPS) is 10.6. The van der Waals surface area contributed by atoms with Crippen LogP contribution in [0.5, 0.6) is 11.5 Å². The molecule has 0 amide bonds. The molecular formula is C16H13NO3S. The predicted octanol–water partition coefficient (Wildman–Crippen LogP) is 4.24. The third-order valence-electron chi connectivity index (χ3n) is 3.19. The van der Waals surface area contributed by atoms with Crippen LogP contribution in [0.15, 0.2) is 47.1 Å². The summed E-state index contributed by atoms with van der Waals surface area (Å²) < 4.78 is 17.4. The van der Waals surface area contributed by atoms with E-state index in [9.17, 15) is 0 Å². The van der Waals surface area contributed by atoms with E-state index in [-0.39, 0.29) is 0 Å². The number of nitrogens with zero attached hydrogens (tertiary/aromatic N) is 1. The summed E-state index contributed by atoms with van der Waals surface area (Å²) in [5.41, 5.74) is 1.43. The summed E-state index contributed by atoms with van der Waals surface area (Å²) in [6, 6.07) is 9.27. The summed E-state index contributed by atoms with van der Waals surface area (Å²) in [5.74, 6) is 1.78. The van der Waals surface area contributed by atoms with E-state index in [1.54, 1.807) is 26.6 Å². The highest BCUT2D eigenvalue weighted by Gasteiger charge is 2.14. The number of pyridine rings is 1. The Balaban J connectivity index is 2.34. The molecule has 1 aromatic carbocycles. The molecule has 106 valence electrons. The van der Waals surface area contributed by atoms with Crippen LogP contribution in [0.1, 0.15) is 0 Å². The van der Waals surface area contributed by atoms with Crippen LogP contribution in [0.2, 0.25) is 0 Å². The van der Waals surface area contributed by atoms with Crippen LogP contribution in [0.25, 0.3) is 22.3 Å². The van der Waals surface area contributed by atoms with Crippen LogP contribution in [0.4, 0.5) is 0 Å². The van der Waals surface area contributed by atoms with Crippen LogP contribution >= 0.6 is 12.2 Å². The molecule has 0 spiro atoms. The molecule has 0 atom stereocenters. The second-order valence-electron chi connectivity index (χ2n) is 4.39. The molecule has 0 aliphatic heterocycles. The van der Waals surface area contributed by atoms with Crippen molar-refractivity contribution in [2.45, 2.75) is 0 Å². The van der Waals surface area contributed by atoms with E-state index in [1.807, 2.05) is 30.3 Å². The Hall–Kier alpha value is -2.40. The summed E-state index contributed by atoms with van der Waals surface area (Å²) in [6.07, 6.45) is 3.44. The first-order valence-electron chi connectivity index (χ1n) is 6.34. The fourth-order valence-corrected chi connectivity index (χ4v) is 2.45. The minimum absolute atomic E-state index is 0.534. The van der Waals surface area contributed by atoms with Crippen LogP contribution in [0, 0.1) is 4.51 Å². The van der Waals surface area contributed by atoms with Crippen molar-refractivity contribution in [3.8, 4) is 22.8 Å². The summed E-state index contributed by atoms with van der Waals surface area (Å²) in [6.45, 7) is 0. The molecule has 21 heavy (non-hydrogen) atoms. The number of rotatable bonds is 3. The molecule has 3 rings (SSSR count). The van der Waals surface area contributed by atoms with E-state index in [2.05, 4.69) is 4.98 Å². The van der Waals surface area contributed by atoms with Crippen molar-refractivity contribution >= 4 is 23.2 Å². The highest BCUT2D eigenvalue weighted by atomic mass is 32.1. The molecule has 0 aliphatic carbocycles. The first-order chi connectivity index (χ1) is 10.2. The lowest BCUT2D eigenvalue weighted by Gasteiger charge is -2.11. The topological polar surface area (TPSA) is 44.5 Å². The zero-order chi connectivity index (χ0) is 14.8.